The first-order valence-electron chi connectivity index (χ1n) is 6.96. The summed E-state index contributed by atoms with van der Waals surface area (Å²) in [5.74, 6) is 0.629. The van der Waals surface area contributed by atoms with E-state index in [0.717, 1.165) is 17.7 Å². The lowest BCUT2D eigenvalue weighted by atomic mass is 9.94. The number of nitrogens with two attached hydrogens (primary N) is 1. The maximum atomic E-state index is 12.2. The molecule has 7 heteroatoms. The maximum Gasteiger partial charge on any atom is 0.212 e. The second-order valence-corrected chi connectivity index (χ2v) is 8.52. The molecule has 0 atom stereocenters. The number of thioether (sulfide) groups is 1. The number of nitrogen functional groups attached to an aromatic ring is 1. The van der Waals surface area contributed by atoms with Crippen LogP contribution in [0.3, 0.4) is 0 Å². The van der Waals surface area contributed by atoms with E-state index in [1.807, 2.05) is 31.2 Å². The molecule has 1 aliphatic rings. The van der Waals surface area contributed by atoms with Gasteiger partial charge >= 0.3 is 0 Å². The Hall–Kier alpha value is -0.760. The number of rotatable bonds is 6. The van der Waals surface area contributed by atoms with Gasteiger partial charge in [0, 0.05) is 35.1 Å². The quantitative estimate of drug-likeness (QED) is 0.614. The Morgan fingerprint density at radius 3 is 2.52 bits per heavy atom. The molecule has 2 rings (SSSR count). The molecule has 0 unspecified atom stereocenters. The van der Waals surface area contributed by atoms with Crippen LogP contribution in [0.2, 0.25) is 0 Å². The molecule has 1 heterocycles. The summed E-state index contributed by atoms with van der Waals surface area (Å²) in [4.78, 5) is 1.02. The first-order valence-corrected chi connectivity index (χ1v) is 9.60. The van der Waals surface area contributed by atoms with Crippen molar-refractivity contribution in [3.05, 3.63) is 24.3 Å². The standard InChI is InChI=1S/C14H22N2O3S2/c1-14(6-8-19-9-7-14)16-21(17,18)11-10-20-13-4-2-12(15)3-5-13/h2-5,16H,6-11,15H2,1H3. The Bertz CT molecular complexity index is 552. The van der Waals surface area contributed by atoms with Crippen LogP contribution in [0.1, 0.15) is 19.8 Å². The van der Waals surface area contributed by atoms with E-state index in [4.69, 9.17) is 10.5 Å². The van der Waals surface area contributed by atoms with Gasteiger partial charge in [0.05, 0.1) is 5.75 Å². The lowest BCUT2D eigenvalue weighted by Crippen LogP contribution is -2.50. The van der Waals surface area contributed by atoms with E-state index in [9.17, 15) is 8.42 Å². The van der Waals surface area contributed by atoms with Crippen molar-refractivity contribution >= 4 is 27.5 Å². The molecule has 0 saturated carbocycles. The second kappa shape index (κ2) is 7.00. The molecule has 0 spiro atoms. The number of anilines is 1. The van der Waals surface area contributed by atoms with E-state index in [2.05, 4.69) is 4.72 Å². The summed E-state index contributed by atoms with van der Waals surface area (Å²) in [5, 5.41) is 0. The van der Waals surface area contributed by atoms with Crippen molar-refractivity contribution in [3.8, 4) is 0 Å². The molecule has 0 aliphatic carbocycles. The fraction of sp³-hybridized carbons (Fsp3) is 0.571. The topological polar surface area (TPSA) is 81.4 Å². The minimum Gasteiger partial charge on any atom is -0.399 e. The van der Waals surface area contributed by atoms with Gasteiger partial charge in [-0.15, -0.1) is 11.8 Å². The van der Waals surface area contributed by atoms with Crippen molar-refractivity contribution in [2.24, 2.45) is 0 Å². The predicted octanol–water partition coefficient (Wildman–Crippen LogP) is 1.85. The highest BCUT2D eigenvalue weighted by atomic mass is 32.2. The SMILES string of the molecule is CC1(NS(=O)(=O)CCSc2ccc(N)cc2)CCOCC1. The van der Waals surface area contributed by atoms with Gasteiger partial charge in [-0.05, 0) is 44.0 Å². The molecule has 0 amide bonds. The number of sulfonamides is 1. The molecule has 118 valence electrons. The van der Waals surface area contributed by atoms with Crippen LogP contribution >= 0.6 is 11.8 Å². The van der Waals surface area contributed by atoms with Gasteiger partial charge in [0.25, 0.3) is 0 Å². The Balaban J connectivity index is 1.82. The van der Waals surface area contributed by atoms with Crippen LogP contribution in [0.25, 0.3) is 0 Å². The molecule has 1 aliphatic heterocycles. The molecular formula is C14H22N2O3S2. The van der Waals surface area contributed by atoms with Gasteiger partial charge in [-0.1, -0.05) is 0 Å². The molecule has 1 aromatic carbocycles. The van der Waals surface area contributed by atoms with Crippen LogP contribution in [-0.2, 0) is 14.8 Å². The minimum atomic E-state index is -3.27. The summed E-state index contributed by atoms with van der Waals surface area (Å²) in [6.07, 6.45) is 1.44. The first-order chi connectivity index (χ1) is 9.89. The molecule has 0 bridgehead atoms. The third-order valence-corrected chi connectivity index (χ3v) is 6.32. The van der Waals surface area contributed by atoms with Crippen molar-refractivity contribution in [1.82, 2.24) is 4.72 Å². The molecular weight excluding hydrogens is 308 g/mol. The Labute approximate surface area is 130 Å². The molecule has 5 nitrogen and oxygen atoms in total. The lowest BCUT2D eigenvalue weighted by Gasteiger charge is -2.34. The lowest BCUT2D eigenvalue weighted by molar-refractivity contribution is 0.0538. The van der Waals surface area contributed by atoms with E-state index < -0.39 is 10.0 Å². The zero-order valence-corrected chi connectivity index (χ0v) is 13.8. The van der Waals surface area contributed by atoms with E-state index in [-0.39, 0.29) is 11.3 Å². The minimum absolute atomic E-state index is 0.110. The van der Waals surface area contributed by atoms with Crippen molar-refractivity contribution in [3.63, 3.8) is 0 Å². The number of hydrogen-bond acceptors (Lipinski definition) is 5. The van der Waals surface area contributed by atoms with Crippen molar-refractivity contribution in [2.45, 2.75) is 30.2 Å². The average molecular weight is 330 g/mol. The van der Waals surface area contributed by atoms with Gasteiger partial charge in [-0.25, -0.2) is 13.1 Å². The van der Waals surface area contributed by atoms with Gasteiger partial charge in [0.15, 0.2) is 0 Å². The van der Waals surface area contributed by atoms with Crippen molar-refractivity contribution < 1.29 is 13.2 Å². The number of benzene rings is 1. The number of hydrogen-bond donors (Lipinski definition) is 2. The Morgan fingerprint density at radius 2 is 1.90 bits per heavy atom. The smallest absolute Gasteiger partial charge is 0.212 e. The van der Waals surface area contributed by atoms with Crippen LogP contribution < -0.4 is 10.5 Å². The monoisotopic (exact) mass is 330 g/mol. The predicted molar refractivity (Wildman–Crippen MR) is 87.0 cm³/mol. The molecule has 0 aromatic heterocycles. The van der Waals surface area contributed by atoms with Gasteiger partial charge in [0.2, 0.25) is 10.0 Å². The molecule has 1 saturated heterocycles. The highest BCUT2D eigenvalue weighted by Gasteiger charge is 2.31. The zero-order chi connectivity index (χ0) is 15.3. The van der Waals surface area contributed by atoms with E-state index in [1.54, 1.807) is 0 Å². The fourth-order valence-electron chi connectivity index (χ4n) is 2.18. The highest BCUT2D eigenvalue weighted by molar-refractivity contribution is 8.00. The van der Waals surface area contributed by atoms with Gasteiger partial charge in [0.1, 0.15) is 0 Å². The zero-order valence-electron chi connectivity index (χ0n) is 12.2. The highest BCUT2D eigenvalue weighted by Crippen LogP contribution is 2.22. The maximum absolute atomic E-state index is 12.2. The summed E-state index contributed by atoms with van der Waals surface area (Å²) in [7, 11) is -3.27. The summed E-state index contributed by atoms with van der Waals surface area (Å²) >= 11 is 1.52. The Morgan fingerprint density at radius 1 is 1.29 bits per heavy atom. The third-order valence-electron chi connectivity index (χ3n) is 3.50. The van der Waals surface area contributed by atoms with Gasteiger partial charge in [-0.2, -0.15) is 0 Å². The molecule has 21 heavy (non-hydrogen) atoms. The summed E-state index contributed by atoms with van der Waals surface area (Å²) in [6.45, 7) is 3.17. The van der Waals surface area contributed by atoms with E-state index >= 15 is 0 Å². The average Bonchev–Trinajstić information content (AvgIpc) is 2.40. The number of nitrogens with one attached hydrogen (secondary N) is 1. The van der Waals surface area contributed by atoms with Gasteiger partial charge < -0.3 is 10.5 Å². The van der Waals surface area contributed by atoms with Gasteiger partial charge in [-0.3, -0.25) is 0 Å². The van der Waals surface area contributed by atoms with Crippen molar-refractivity contribution in [1.29, 1.82) is 0 Å². The van der Waals surface area contributed by atoms with Crippen LogP contribution in [0.5, 0.6) is 0 Å². The van der Waals surface area contributed by atoms with Crippen LogP contribution in [0.4, 0.5) is 5.69 Å². The normalized spacial score (nSPS) is 18.5. The van der Waals surface area contributed by atoms with E-state index in [1.165, 1.54) is 11.8 Å². The van der Waals surface area contributed by atoms with Crippen LogP contribution in [0, 0.1) is 0 Å². The van der Waals surface area contributed by atoms with Crippen LogP contribution in [0.15, 0.2) is 29.2 Å². The Kier molecular flexibility index (Phi) is 5.54. The number of ether oxygens (including phenoxy) is 1. The second-order valence-electron chi connectivity index (χ2n) is 5.51. The fourth-order valence-corrected chi connectivity index (χ4v) is 5.02. The third kappa shape index (κ3) is 5.50. The summed E-state index contributed by atoms with van der Waals surface area (Å²) in [6, 6.07) is 7.44. The van der Waals surface area contributed by atoms with E-state index in [0.29, 0.717) is 24.7 Å². The van der Waals surface area contributed by atoms with Crippen LogP contribution in [-0.4, -0.2) is 38.7 Å². The molecule has 0 radical (unpaired) electrons. The molecule has 1 fully saturated rings. The molecule has 3 N–H and O–H groups in total. The summed E-state index contributed by atoms with van der Waals surface area (Å²) in [5.41, 5.74) is 5.96. The first kappa shape index (κ1) is 16.6. The summed E-state index contributed by atoms with van der Waals surface area (Å²) < 4.78 is 32.4. The van der Waals surface area contributed by atoms with Crippen molar-refractivity contribution in [2.75, 3.05) is 30.5 Å². The molecule has 1 aromatic rings. The largest absolute Gasteiger partial charge is 0.399 e.